The molecule has 6 atom stereocenters. The van der Waals surface area contributed by atoms with Gasteiger partial charge in [-0.15, -0.1) is 0 Å². The summed E-state index contributed by atoms with van der Waals surface area (Å²) in [6.07, 6.45) is 8.33. The molecule has 0 aromatic heterocycles. The summed E-state index contributed by atoms with van der Waals surface area (Å²) in [5.74, 6) is 3.32. The zero-order valence-corrected chi connectivity index (χ0v) is 16.7. The maximum atomic E-state index is 4.19. The highest BCUT2D eigenvalue weighted by molar-refractivity contribution is 5.08. The van der Waals surface area contributed by atoms with E-state index in [1.807, 2.05) is 0 Å². The summed E-state index contributed by atoms with van der Waals surface area (Å²) in [6.45, 7) is 14.9. The van der Waals surface area contributed by atoms with Crippen LogP contribution in [0.2, 0.25) is 0 Å². The van der Waals surface area contributed by atoms with Crippen molar-refractivity contribution in [2.24, 2.45) is 23.7 Å². The van der Waals surface area contributed by atoms with E-state index in [4.69, 9.17) is 0 Å². The van der Waals surface area contributed by atoms with Gasteiger partial charge in [0.1, 0.15) is 0 Å². The Morgan fingerprint density at radius 1 is 0.826 bits per heavy atom. The molecular weight excluding hydrogens is 280 g/mol. The van der Waals surface area contributed by atoms with Crippen LogP contribution in [0.15, 0.2) is 0 Å². The number of nitrogens with one attached hydrogen (secondary N) is 1. The number of nitrogens with zero attached hydrogens (tertiary/aromatic N) is 1. The molecule has 1 heterocycles. The lowest BCUT2D eigenvalue weighted by Gasteiger charge is -2.60. The second-order valence-corrected chi connectivity index (χ2v) is 10.4. The summed E-state index contributed by atoms with van der Waals surface area (Å²) >= 11 is 0. The number of fused-ring (bicyclic) bond motifs is 2. The van der Waals surface area contributed by atoms with E-state index in [1.165, 1.54) is 38.5 Å². The van der Waals surface area contributed by atoms with Crippen LogP contribution < -0.4 is 5.32 Å². The van der Waals surface area contributed by atoms with Crippen molar-refractivity contribution in [1.82, 2.24) is 10.2 Å². The van der Waals surface area contributed by atoms with Crippen LogP contribution in [0.5, 0.6) is 0 Å². The van der Waals surface area contributed by atoms with Crippen molar-refractivity contribution in [3.8, 4) is 0 Å². The third kappa shape index (κ3) is 3.11. The summed E-state index contributed by atoms with van der Waals surface area (Å²) in [5, 5.41) is 4.19. The molecule has 2 saturated carbocycles. The number of hydrogen-bond donors (Lipinski definition) is 1. The zero-order chi connectivity index (χ0) is 17.0. The van der Waals surface area contributed by atoms with Crippen molar-refractivity contribution in [2.45, 2.75) is 103 Å². The monoisotopic (exact) mass is 320 g/mol. The van der Waals surface area contributed by atoms with Gasteiger partial charge in [-0.05, 0) is 84.1 Å². The third-order valence-corrected chi connectivity index (χ3v) is 7.99. The minimum Gasteiger partial charge on any atom is -0.308 e. The largest absolute Gasteiger partial charge is 0.308 e. The van der Waals surface area contributed by atoms with E-state index >= 15 is 0 Å². The van der Waals surface area contributed by atoms with Crippen molar-refractivity contribution in [3.63, 3.8) is 0 Å². The van der Waals surface area contributed by atoms with Gasteiger partial charge in [-0.3, -0.25) is 4.90 Å². The molecule has 134 valence electrons. The topological polar surface area (TPSA) is 15.3 Å². The van der Waals surface area contributed by atoms with Gasteiger partial charge >= 0.3 is 0 Å². The molecule has 0 unspecified atom stereocenters. The average Bonchev–Trinajstić information content (AvgIpc) is 2.44. The van der Waals surface area contributed by atoms with E-state index in [9.17, 15) is 0 Å². The van der Waals surface area contributed by atoms with Gasteiger partial charge in [-0.25, -0.2) is 0 Å². The molecule has 2 nitrogen and oxygen atoms in total. The zero-order valence-electron chi connectivity index (χ0n) is 16.7. The third-order valence-electron chi connectivity index (χ3n) is 7.99. The first-order valence-corrected chi connectivity index (χ1v) is 10.1. The highest BCUT2D eigenvalue weighted by Crippen LogP contribution is 2.47. The Labute approximate surface area is 144 Å². The fourth-order valence-electron chi connectivity index (χ4n) is 6.28. The minimum absolute atomic E-state index is 0.259. The molecule has 0 spiro atoms. The Kier molecular flexibility index (Phi) is 4.64. The fraction of sp³-hybridized carbons (Fsp3) is 1.00. The van der Waals surface area contributed by atoms with Crippen LogP contribution in [0, 0.1) is 23.7 Å². The maximum absolute atomic E-state index is 4.19. The molecule has 3 rings (SSSR count). The van der Waals surface area contributed by atoms with Crippen LogP contribution in [0.25, 0.3) is 0 Å². The number of rotatable bonds is 0. The van der Waals surface area contributed by atoms with E-state index in [1.54, 1.807) is 0 Å². The van der Waals surface area contributed by atoms with Gasteiger partial charge in [0.2, 0.25) is 0 Å². The number of hydrogen-bond acceptors (Lipinski definition) is 2. The molecule has 0 aromatic rings. The molecular formula is C21H40N2. The molecule has 3 fully saturated rings. The van der Waals surface area contributed by atoms with Crippen LogP contribution in [0.1, 0.15) is 80.1 Å². The van der Waals surface area contributed by atoms with Gasteiger partial charge in [0.05, 0.1) is 0 Å². The Hall–Kier alpha value is -0.0800. The second-order valence-electron chi connectivity index (χ2n) is 10.4. The second kappa shape index (κ2) is 6.02. The van der Waals surface area contributed by atoms with Crippen molar-refractivity contribution in [2.75, 3.05) is 7.05 Å². The van der Waals surface area contributed by atoms with Crippen molar-refractivity contribution < 1.29 is 0 Å². The lowest BCUT2D eigenvalue weighted by molar-refractivity contribution is -0.0741. The first-order valence-electron chi connectivity index (χ1n) is 10.1. The average molecular weight is 321 g/mol. The van der Waals surface area contributed by atoms with Gasteiger partial charge < -0.3 is 5.32 Å². The summed E-state index contributed by atoms with van der Waals surface area (Å²) in [5.41, 5.74) is 0.559. The van der Waals surface area contributed by atoms with Gasteiger partial charge in [0.15, 0.2) is 0 Å². The quantitative estimate of drug-likeness (QED) is 0.696. The standard InChI is InChI=1S/C21H40N2/c1-14-8-10-16-18(12-14)22-20(3,4)17-11-9-15(2)13-19(17)23(7)21(16,5)6/h14-19,22H,8-13H2,1-7H3/t14-,15-,16-,17-,18-,19-/m1/s1. The van der Waals surface area contributed by atoms with E-state index < -0.39 is 0 Å². The van der Waals surface area contributed by atoms with E-state index in [-0.39, 0.29) is 5.54 Å². The highest BCUT2D eigenvalue weighted by atomic mass is 15.2. The smallest absolute Gasteiger partial charge is 0.0196 e. The summed E-state index contributed by atoms with van der Waals surface area (Å²) in [4.78, 5) is 2.81. The molecule has 1 saturated heterocycles. The molecule has 2 aliphatic carbocycles. The predicted octanol–water partition coefficient (Wildman–Crippen LogP) is 4.69. The Bertz CT molecular complexity index is 426. The van der Waals surface area contributed by atoms with Crippen molar-refractivity contribution >= 4 is 0 Å². The first-order chi connectivity index (χ1) is 10.6. The van der Waals surface area contributed by atoms with Crippen LogP contribution in [-0.4, -0.2) is 35.1 Å². The summed E-state index contributed by atoms with van der Waals surface area (Å²) in [6, 6.07) is 1.42. The molecule has 0 radical (unpaired) electrons. The van der Waals surface area contributed by atoms with Gasteiger partial charge in [0.25, 0.3) is 0 Å². The lowest BCUT2D eigenvalue weighted by Crippen LogP contribution is -2.69. The first kappa shape index (κ1) is 17.7. The van der Waals surface area contributed by atoms with E-state index in [2.05, 4.69) is 58.8 Å². The van der Waals surface area contributed by atoms with Crippen LogP contribution in [-0.2, 0) is 0 Å². The molecule has 2 heteroatoms. The van der Waals surface area contributed by atoms with Crippen LogP contribution in [0.4, 0.5) is 0 Å². The summed E-state index contributed by atoms with van der Waals surface area (Å²) < 4.78 is 0. The van der Waals surface area contributed by atoms with Crippen LogP contribution >= 0.6 is 0 Å². The van der Waals surface area contributed by atoms with Crippen molar-refractivity contribution in [1.29, 1.82) is 0 Å². The fourth-order valence-corrected chi connectivity index (χ4v) is 6.28. The predicted molar refractivity (Wildman–Crippen MR) is 99.6 cm³/mol. The molecule has 0 bridgehead atoms. The Morgan fingerprint density at radius 2 is 1.39 bits per heavy atom. The van der Waals surface area contributed by atoms with Crippen LogP contribution in [0.3, 0.4) is 0 Å². The molecule has 23 heavy (non-hydrogen) atoms. The molecule has 1 aliphatic heterocycles. The van der Waals surface area contributed by atoms with Gasteiger partial charge in [-0.2, -0.15) is 0 Å². The lowest BCUT2D eigenvalue weighted by atomic mass is 9.63. The Balaban J connectivity index is 1.97. The summed E-state index contributed by atoms with van der Waals surface area (Å²) in [7, 11) is 2.44. The highest BCUT2D eigenvalue weighted by Gasteiger charge is 2.51. The van der Waals surface area contributed by atoms with E-state index in [0.29, 0.717) is 11.6 Å². The van der Waals surface area contributed by atoms with Gasteiger partial charge in [0, 0.05) is 23.2 Å². The van der Waals surface area contributed by atoms with E-state index in [0.717, 1.165) is 29.7 Å². The molecule has 1 N–H and O–H groups in total. The molecule has 0 amide bonds. The van der Waals surface area contributed by atoms with Crippen molar-refractivity contribution in [3.05, 3.63) is 0 Å². The van der Waals surface area contributed by atoms with Gasteiger partial charge in [-0.1, -0.05) is 26.7 Å². The maximum Gasteiger partial charge on any atom is 0.0196 e. The molecule has 3 aliphatic rings. The SMILES string of the molecule is C[C@@H]1CC[C@@H]2[C@@H](C1)N(C)C(C)(C)[C@@H]1CC[C@@H](C)C[C@H]1NC2(C)C. The molecule has 0 aromatic carbocycles. The minimum atomic E-state index is 0.259. The normalized spacial score (nSPS) is 47.1. The Morgan fingerprint density at radius 3 is 2.04 bits per heavy atom.